The summed E-state index contributed by atoms with van der Waals surface area (Å²) in [5.41, 5.74) is 2.27. The quantitative estimate of drug-likeness (QED) is 0.430. The highest BCUT2D eigenvalue weighted by Gasteiger charge is 2.27. The minimum atomic E-state index is -3.22. The van der Waals surface area contributed by atoms with Gasteiger partial charge in [-0.15, -0.1) is 0 Å². The van der Waals surface area contributed by atoms with Crippen LogP contribution >= 0.6 is 7.60 Å². The van der Waals surface area contributed by atoms with Gasteiger partial charge in [0.25, 0.3) is 0 Å². The van der Waals surface area contributed by atoms with Crippen LogP contribution in [0.2, 0.25) is 0 Å². The van der Waals surface area contributed by atoms with Crippen LogP contribution in [0.1, 0.15) is 37.3 Å². The van der Waals surface area contributed by atoms with Gasteiger partial charge >= 0.3 is 7.60 Å². The first-order valence-corrected chi connectivity index (χ1v) is 9.85. The Bertz CT molecular complexity index is 596. The van der Waals surface area contributed by atoms with Crippen LogP contribution in [0.5, 0.6) is 11.5 Å². The van der Waals surface area contributed by atoms with Crippen molar-refractivity contribution < 1.29 is 13.6 Å². The molecular formula is C19H25O3P. The monoisotopic (exact) mass is 332 g/mol. The Balaban J connectivity index is 2.15. The first-order valence-electron chi connectivity index (χ1n) is 8.12. The van der Waals surface area contributed by atoms with E-state index in [1.807, 2.05) is 62.4 Å². The van der Waals surface area contributed by atoms with Crippen molar-refractivity contribution in [2.75, 3.05) is 6.16 Å². The topological polar surface area (TPSA) is 35.5 Å². The lowest BCUT2D eigenvalue weighted by molar-refractivity contribution is 0.383. The lowest BCUT2D eigenvalue weighted by Gasteiger charge is -2.20. The van der Waals surface area contributed by atoms with Crippen molar-refractivity contribution in [2.24, 2.45) is 0 Å². The number of hydrogen-bond donors (Lipinski definition) is 0. The maximum Gasteiger partial charge on any atom is 0.430 e. The fourth-order valence-corrected chi connectivity index (χ4v) is 3.90. The molecule has 0 aliphatic rings. The SMILES string of the molecule is CCCCCP(=O)(Oc1ccc(C)cc1)Oc1ccc(C)cc1. The average molecular weight is 332 g/mol. The van der Waals surface area contributed by atoms with Gasteiger partial charge in [-0.05, 0) is 44.5 Å². The Morgan fingerprint density at radius 1 is 0.783 bits per heavy atom. The zero-order chi connectivity index (χ0) is 16.7. The zero-order valence-corrected chi connectivity index (χ0v) is 15.0. The summed E-state index contributed by atoms with van der Waals surface area (Å²) in [7, 11) is -3.22. The molecule has 4 heteroatoms. The first kappa shape index (κ1) is 17.6. The summed E-state index contributed by atoms with van der Waals surface area (Å²) in [5.74, 6) is 1.17. The number of aryl methyl sites for hydroxylation is 2. The molecule has 0 N–H and O–H groups in total. The van der Waals surface area contributed by atoms with E-state index in [2.05, 4.69) is 6.92 Å². The van der Waals surface area contributed by atoms with Crippen LogP contribution in [-0.4, -0.2) is 6.16 Å². The second kappa shape index (κ2) is 8.21. The Morgan fingerprint density at radius 2 is 1.22 bits per heavy atom. The maximum atomic E-state index is 13.2. The molecule has 0 aliphatic heterocycles. The molecule has 0 saturated carbocycles. The molecule has 0 amide bonds. The van der Waals surface area contributed by atoms with Gasteiger partial charge in [0.15, 0.2) is 0 Å². The van der Waals surface area contributed by atoms with E-state index in [9.17, 15) is 4.57 Å². The van der Waals surface area contributed by atoms with E-state index in [0.29, 0.717) is 17.7 Å². The van der Waals surface area contributed by atoms with E-state index >= 15 is 0 Å². The van der Waals surface area contributed by atoms with Crippen molar-refractivity contribution >= 4 is 7.60 Å². The zero-order valence-electron chi connectivity index (χ0n) is 14.1. The lowest BCUT2D eigenvalue weighted by Crippen LogP contribution is -2.05. The second-order valence-corrected chi connectivity index (χ2v) is 7.88. The van der Waals surface area contributed by atoms with Crippen LogP contribution < -0.4 is 9.05 Å². The largest absolute Gasteiger partial charge is 0.430 e. The molecule has 0 spiro atoms. The molecule has 2 aromatic rings. The van der Waals surface area contributed by atoms with Crippen LogP contribution in [-0.2, 0) is 4.57 Å². The summed E-state index contributed by atoms with van der Waals surface area (Å²) in [5, 5.41) is 0. The maximum absolute atomic E-state index is 13.2. The molecule has 0 radical (unpaired) electrons. The average Bonchev–Trinajstić information content (AvgIpc) is 2.52. The third-order valence-electron chi connectivity index (χ3n) is 3.57. The summed E-state index contributed by atoms with van der Waals surface area (Å²) < 4.78 is 24.7. The van der Waals surface area contributed by atoms with E-state index in [1.165, 1.54) is 0 Å². The highest BCUT2D eigenvalue weighted by molar-refractivity contribution is 7.54. The summed E-state index contributed by atoms with van der Waals surface area (Å²) in [4.78, 5) is 0. The van der Waals surface area contributed by atoms with Crippen LogP contribution in [0.25, 0.3) is 0 Å². The van der Waals surface area contributed by atoms with Crippen molar-refractivity contribution in [2.45, 2.75) is 40.0 Å². The molecule has 0 aliphatic carbocycles. The molecular weight excluding hydrogens is 307 g/mol. The molecule has 0 aromatic heterocycles. The van der Waals surface area contributed by atoms with Crippen LogP contribution in [0.4, 0.5) is 0 Å². The number of rotatable bonds is 8. The Morgan fingerprint density at radius 3 is 1.61 bits per heavy atom. The smallest absolute Gasteiger partial charge is 0.416 e. The van der Waals surface area contributed by atoms with Gasteiger partial charge in [0.2, 0.25) is 0 Å². The van der Waals surface area contributed by atoms with Crippen molar-refractivity contribution in [3.05, 3.63) is 59.7 Å². The fourth-order valence-electron chi connectivity index (χ4n) is 2.18. The van der Waals surface area contributed by atoms with E-state index in [1.54, 1.807) is 0 Å². The molecule has 0 bridgehead atoms. The number of unbranched alkanes of at least 4 members (excludes halogenated alkanes) is 2. The van der Waals surface area contributed by atoms with Crippen molar-refractivity contribution in [3.8, 4) is 11.5 Å². The molecule has 0 saturated heterocycles. The minimum absolute atomic E-state index is 0.419. The van der Waals surface area contributed by atoms with E-state index in [-0.39, 0.29) is 0 Å². The predicted molar refractivity (Wildman–Crippen MR) is 95.6 cm³/mol. The van der Waals surface area contributed by atoms with E-state index in [0.717, 1.165) is 30.4 Å². The van der Waals surface area contributed by atoms with Gasteiger partial charge in [0, 0.05) is 0 Å². The van der Waals surface area contributed by atoms with Gasteiger partial charge in [-0.1, -0.05) is 55.2 Å². The summed E-state index contributed by atoms with van der Waals surface area (Å²) in [6.45, 7) is 6.13. The van der Waals surface area contributed by atoms with Crippen molar-refractivity contribution in [1.82, 2.24) is 0 Å². The van der Waals surface area contributed by atoms with Gasteiger partial charge in [-0.3, -0.25) is 0 Å². The van der Waals surface area contributed by atoms with E-state index in [4.69, 9.17) is 9.05 Å². The summed E-state index contributed by atoms with van der Waals surface area (Å²) >= 11 is 0. The highest BCUT2D eigenvalue weighted by atomic mass is 31.2. The molecule has 2 aromatic carbocycles. The lowest BCUT2D eigenvalue weighted by atomic mass is 10.2. The molecule has 0 fully saturated rings. The van der Waals surface area contributed by atoms with Gasteiger partial charge < -0.3 is 9.05 Å². The van der Waals surface area contributed by atoms with Gasteiger partial charge in [0.1, 0.15) is 11.5 Å². The van der Waals surface area contributed by atoms with E-state index < -0.39 is 7.60 Å². The molecule has 0 unspecified atom stereocenters. The summed E-state index contributed by atoms with van der Waals surface area (Å²) in [6.07, 6.45) is 3.32. The molecule has 0 atom stereocenters. The fraction of sp³-hybridized carbons (Fsp3) is 0.368. The van der Waals surface area contributed by atoms with Crippen LogP contribution in [0.3, 0.4) is 0 Å². The molecule has 0 heterocycles. The Kier molecular flexibility index (Phi) is 6.29. The van der Waals surface area contributed by atoms with Crippen molar-refractivity contribution in [3.63, 3.8) is 0 Å². The van der Waals surface area contributed by atoms with Crippen LogP contribution in [0.15, 0.2) is 48.5 Å². The van der Waals surface area contributed by atoms with Gasteiger partial charge in [0.05, 0.1) is 6.16 Å². The van der Waals surface area contributed by atoms with Crippen LogP contribution in [0, 0.1) is 13.8 Å². The van der Waals surface area contributed by atoms with Gasteiger partial charge in [-0.25, -0.2) is 4.57 Å². The standard InChI is InChI=1S/C19H25O3P/c1-4-5-6-15-23(20,21-18-11-7-16(2)8-12-18)22-19-13-9-17(3)10-14-19/h7-14H,4-6,15H2,1-3H3. The normalized spacial score (nSPS) is 11.3. The molecule has 3 nitrogen and oxygen atoms in total. The minimum Gasteiger partial charge on any atom is -0.416 e. The Labute approximate surface area is 139 Å². The third kappa shape index (κ3) is 5.76. The van der Waals surface area contributed by atoms with Crippen molar-refractivity contribution in [1.29, 1.82) is 0 Å². The second-order valence-electron chi connectivity index (χ2n) is 5.85. The number of benzene rings is 2. The molecule has 2 rings (SSSR count). The summed E-state index contributed by atoms with van der Waals surface area (Å²) in [6, 6.07) is 15.1. The molecule has 23 heavy (non-hydrogen) atoms. The Hall–Kier alpha value is -1.73. The predicted octanol–water partition coefficient (Wildman–Crippen LogP) is 6.14. The third-order valence-corrected chi connectivity index (χ3v) is 5.41. The first-order chi connectivity index (χ1) is 11.0. The molecule has 124 valence electrons. The van der Waals surface area contributed by atoms with Gasteiger partial charge in [-0.2, -0.15) is 0 Å². The highest BCUT2D eigenvalue weighted by Crippen LogP contribution is 2.49. The number of hydrogen-bond acceptors (Lipinski definition) is 3.